The molecule has 0 radical (unpaired) electrons. The van der Waals surface area contributed by atoms with Crippen LogP contribution in [0.2, 0.25) is 0 Å². The van der Waals surface area contributed by atoms with Crippen molar-refractivity contribution in [1.82, 2.24) is 4.90 Å². The Hall–Kier alpha value is -0.610. The fourth-order valence-corrected chi connectivity index (χ4v) is 2.95. The first-order chi connectivity index (χ1) is 8.22. The standard InChI is InChI=1S/C13H24N2O2/c1-10-6-7-12(17-10)13(16)15-9-3-5-11(15)4-2-8-14/h10-12H,2-9,14H2,1H3. The van der Waals surface area contributed by atoms with Gasteiger partial charge in [0, 0.05) is 12.6 Å². The molecule has 4 heteroatoms. The average molecular weight is 240 g/mol. The lowest BCUT2D eigenvalue weighted by Gasteiger charge is -2.27. The molecule has 0 aromatic carbocycles. The first kappa shape index (κ1) is 12.8. The van der Waals surface area contributed by atoms with Crippen LogP contribution in [0.1, 0.15) is 45.4 Å². The van der Waals surface area contributed by atoms with Crippen LogP contribution in [-0.4, -0.2) is 42.1 Å². The molecule has 0 saturated carbocycles. The van der Waals surface area contributed by atoms with E-state index in [0.29, 0.717) is 6.04 Å². The number of hydrogen-bond acceptors (Lipinski definition) is 3. The first-order valence-corrected chi connectivity index (χ1v) is 6.88. The minimum atomic E-state index is -0.177. The van der Waals surface area contributed by atoms with Gasteiger partial charge in [-0.25, -0.2) is 0 Å². The van der Waals surface area contributed by atoms with Crippen molar-refractivity contribution in [1.29, 1.82) is 0 Å². The second-order valence-electron chi connectivity index (χ2n) is 5.27. The summed E-state index contributed by atoms with van der Waals surface area (Å²) < 4.78 is 5.67. The van der Waals surface area contributed by atoms with Crippen molar-refractivity contribution in [2.75, 3.05) is 13.1 Å². The highest BCUT2D eigenvalue weighted by Gasteiger charge is 2.36. The van der Waals surface area contributed by atoms with E-state index in [-0.39, 0.29) is 18.1 Å². The van der Waals surface area contributed by atoms with Crippen molar-refractivity contribution in [2.24, 2.45) is 5.73 Å². The molecule has 2 aliphatic rings. The Balaban J connectivity index is 1.89. The van der Waals surface area contributed by atoms with Crippen molar-refractivity contribution in [3.05, 3.63) is 0 Å². The van der Waals surface area contributed by atoms with E-state index in [9.17, 15) is 4.79 Å². The Morgan fingerprint density at radius 1 is 1.41 bits per heavy atom. The van der Waals surface area contributed by atoms with E-state index in [1.54, 1.807) is 0 Å². The maximum atomic E-state index is 12.3. The molecule has 0 aromatic heterocycles. The van der Waals surface area contributed by atoms with Gasteiger partial charge in [0.2, 0.25) is 0 Å². The highest BCUT2D eigenvalue weighted by Crippen LogP contribution is 2.27. The Labute approximate surface area is 103 Å². The summed E-state index contributed by atoms with van der Waals surface area (Å²) in [4.78, 5) is 14.4. The van der Waals surface area contributed by atoms with Crippen LogP contribution in [-0.2, 0) is 9.53 Å². The number of ether oxygens (including phenoxy) is 1. The molecule has 0 aliphatic carbocycles. The maximum Gasteiger partial charge on any atom is 0.251 e. The molecule has 98 valence electrons. The van der Waals surface area contributed by atoms with Crippen molar-refractivity contribution in [3.8, 4) is 0 Å². The number of likely N-dealkylation sites (tertiary alicyclic amines) is 1. The average Bonchev–Trinajstić information content (AvgIpc) is 2.94. The van der Waals surface area contributed by atoms with Gasteiger partial charge in [-0.2, -0.15) is 0 Å². The normalized spacial score (nSPS) is 33.3. The van der Waals surface area contributed by atoms with Gasteiger partial charge in [-0.15, -0.1) is 0 Å². The summed E-state index contributed by atoms with van der Waals surface area (Å²) in [6.07, 6.45) is 6.29. The quantitative estimate of drug-likeness (QED) is 0.805. The molecule has 4 nitrogen and oxygen atoms in total. The molecule has 2 N–H and O–H groups in total. The molecule has 2 aliphatic heterocycles. The molecule has 2 fully saturated rings. The molecule has 3 atom stereocenters. The minimum absolute atomic E-state index is 0.177. The van der Waals surface area contributed by atoms with Crippen LogP contribution in [0, 0.1) is 0 Å². The number of nitrogens with zero attached hydrogens (tertiary/aromatic N) is 1. The van der Waals surface area contributed by atoms with Gasteiger partial charge < -0.3 is 15.4 Å². The monoisotopic (exact) mass is 240 g/mol. The molecular weight excluding hydrogens is 216 g/mol. The van der Waals surface area contributed by atoms with E-state index in [1.165, 1.54) is 0 Å². The molecule has 0 aromatic rings. The van der Waals surface area contributed by atoms with Gasteiger partial charge in [-0.3, -0.25) is 4.79 Å². The number of nitrogens with two attached hydrogens (primary N) is 1. The van der Waals surface area contributed by atoms with Gasteiger partial charge in [-0.05, 0) is 52.0 Å². The van der Waals surface area contributed by atoms with Crippen LogP contribution in [0.3, 0.4) is 0 Å². The minimum Gasteiger partial charge on any atom is -0.365 e. The van der Waals surface area contributed by atoms with Crippen LogP contribution in [0.5, 0.6) is 0 Å². The van der Waals surface area contributed by atoms with Crippen LogP contribution in [0.4, 0.5) is 0 Å². The molecule has 2 rings (SSSR count). The highest BCUT2D eigenvalue weighted by atomic mass is 16.5. The Morgan fingerprint density at radius 2 is 2.24 bits per heavy atom. The molecule has 2 heterocycles. The van der Waals surface area contributed by atoms with Gasteiger partial charge in [0.1, 0.15) is 6.10 Å². The van der Waals surface area contributed by atoms with Crippen LogP contribution in [0.15, 0.2) is 0 Å². The summed E-state index contributed by atoms with van der Waals surface area (Å²) >= 11 is 0. The van der Waals surface area contributed by atoms with Crippen molar-refractivity contribution in [2.45, 2.75) is 63.7 Å². The van der Waals surface area contributed by atoms with Gasteiger partial charge in [0.05, 0.1) is 6.10 Å². The van der Waals surface area contributed by atoms with Crippen molar-refractivity contribution >= 4 is 5.91 Å². The molecular formula is C13H24N2O2. The SMILES string of the molecule is CC1CCC(C(=O)N2CCCC2CCCN)O1. The van der Waals surface area contributed by atoms with Crippen LogP contribution < -0.4 is 5.73 Å². The smallest absolute Gasteiger partial charge is 0.251 e. The predicted octanol–water partition coefficient (Wildman–Crippen LogP) is 1.28. The molecule has 3 unspecified atom stereocenters. The summed E-state index contributed by atoms with van der Waals surface area (Å²) in [5, 5.41) is 0. The van der Waals surface area contributed by atoms with Crippen LogP contribution >= 0.6 is 0 Å². The first-order valence-electron chi connectivity index (χ1n) is 6.88. The van der Waals surface area contributed by atoms with E-state index in [2.05, 4.69) is 0 Å². The Morgan fingerprint density at radius 3 is 2.88 bits per heavy atom. The van der Waals surface area contributed by atoms with E-state index in [1.807, 2.05) is 11.8 Å². The number of amides is 1. The molecule has 1 amide bonds. The van der Waals surface area contributed by atoms with E-state index >= 15 is 0 Å². The Kier molecular flexibility index (Phi) is 4.40. The van der Waals surface area contributed by atoms with Crippen molar-refractivity contribution < 1.29 is 9.53 Å². The number of carbonyl (C=O) groups excluding carboxylic acids is 1. The Bertz CT molecular complexity index is 270. The zero-order valence-corrected chi connectivity index (χ0v) is 10.7. The second kappa shape index (κ2) is 5.83. The summed E-state index contributed by atoms with van der Waals surface area (Å²) in [5.41, 5.74) is 5.54. The molecule has 2 saturated heterocycles. The zero-order valence-electron chi connectivity index (χ0n) is 10.7. The van der Waals surface area contributed by atoms with E-state index in [0.717, 1.165) is 51.6 Å². The number of carbonyl (C=O) groups is 1. The van der Waals surface area contributed by atoms with E-state index < -0.39 is 0 Å². The van der Waals surface area contributed by atoms with E-state index in [4.69, 9.17) is 10.5 Å². The van der Waals surface area contributed by atoms with Gasteiger partial charge in [0.25, 0.3) is 5.91 Å². The number of hydrogen-bond donors (Lipinski definition) is 1. The topological polar surface area (TPSA) is 55.6 Å². The maximum absolute atomic E-state index is 12.3. The largest absolute Gasteiger partial charge is 0.365 e. The summed E-state index contributed by atoms with van der Waals surface area (Å²) in [6, 6.07) is 0.408. The lowest BCUT2D eigenvalue weighted by Crippen LogP contribution is -2.42. The van der Waals surface area contributed by atoms with Gasteiger partial charge in [0.15, 0.2) is 0 Å². The molecule has 0 spiro atoms. The zero-order chi connectivity index (χ0) is 12.3. The third kappa shape index (κ3) is 2.99. The third-order valence-corrected chi connectivity index (χ3v) is 3.91. The van der Waals surface area contributed by atoms with Gasteiger partial charge in [-0.1, -0.05) is 0 Å². The fraction of sp³-hybridized carbons (Fsp3) is 0.923. The number of rotatable bonds is 4. The van der Waals surface area contributed by atoms with Crippen LogP contribution in [0.25, 0.3) is 0 Å². The third-order valence-electron chi connectivity index (χ3n) is 3.91. The fourth-order valence-electron chi connectivity index (χ4n) is 2.95. The molecule has 0 bridgehead atoms. The lowest BCUT2D eigenvalue weighted by atomic mass is 10.1. The second-order valence-corrected chi connectivity index (χ2v) is 5.27. The van der Waals surface area contributed by atoms with Gasteiger partial charge >= 0.3 is 0 Å². The summed E-state index contributed by atoms with van der Waals surface area (Å²) in [7, 11) is 0. The highest BCUT2D eigenvalue weighted by molar-refractivity contribution is 5.81. The van der Waals surface area contributed by atoms with Crippen molar-refractivity contribution in [3.63, 3.8) is 0 Å². The molecule has 17 heavy (non-hydrogen) atoms. The lowest BCUT2D eigenvalue weighted by molar-refractivity contribution is -0.143. The predicted molar refractivity (Wildman–Crippen MR) is 66.6 cm³/mol. The summed E-state index contributed by atoms with van der Waals surface area (Å²) in [5.74, 6) is 0.217. The summed E-state index contributed by atoms with van der Waals surface area (Å²) in [6.45, 7) is 3.67.